The van der Waals surface area contributed by atoms with Gasteiger partial charge in [-0.05, 0) is 18.2 Å². The Bertz CT molecular complexity index is 689. The number of nitrogens with zero attached hydrogens (tertiary/aromatic N) is 2. The maximum atomic E-state index is 12.7. The zero-order chi connectivity index (χ0) is 18.7. The maximum Gasteiger partial charge on any atom is 0.257 e. The van der Waals surface area contributed by atoms with Crippen molar-refractivity contribution in [2.24, 2.45) is 5.92 Å². The van der Waals surface area contributed by atoms with E-state index in [4.69, 9.17) is 4.74 Å². The summed E-state index contributed by atoms with van der Waals surface area (Å²) in [5.41, 5.74) is 0.943. The van der Waals surface area contributed by atoms with Gasteiger partial charge in [-0.15, -0.1) is 0 Å². The molecule has 7 nitrogen and oxygen atoms in total. The van der Waals surface area contributed by atoms with Gasteiger partial charge in [-0.1, -0.05) is 6.92 Å². The smallest absolute Gasteiger partial charge is 0.257 e. The lowest BCUT2D eigenvalue weighted by atomic mass is 10.0. The molecular weight excluding hydrogens is 322 g/mol. The maximum absolute atomic E-state index is 12.7. The van der Waals surface area contributed by atoms with Crippen LogP contribution in [-0.2, 0) is 9.59 Å². The van der Waals surface area contributed by atoms with Gasteiger partial charge >= 0.3 is 0 Å². The molecule has 0 spiro atoms. The highest BCUT2D eigenvalue weighted by atomic mass is 16.5. The Balaban J connectivity index is 2.37. The summed E-state index contributed by atoms with van der Waals surface area (Å²) in [4.78, 5) is 38.7. The fourth-order valence-corrected chi connectivity index (χ4v) is 2.81. The molecule has 1 aromatic rings. The van der Waals surface area contributed by atoms with Crippen molar-refractivity contribution in [3.63, 3.8) is 0 Å². The number of nitrogens with one attached hydrogen (secondary N) is 1. The van der Waals surface area contributed by atoms with Crippen LogP contribution in [0.4, 0.5) is 5.69 Å². The number of amides is 3. The first-order chi connectivity index (χ1) is 11.7. The summed E-state index contributed by atoms with van der Waals surface area (Å²) in [7, 11) is 3.47. The molecule has 7 heteroatoms. The first kappa shape index (κ1) is 18.8. The number of carbonyl (C=O) groups is 3. The molecule has 0 saturated carbocycles. The van der Waals surface area contributed by atoms with E-state index < -0.39 is 0 Å². The molecular formula is C18H25N3O4. The molecule has 1 aliphatic rings. The number of benzene rings is 1. The van der Waals surface area contributed by atoms with Gasteiger partial charge in [-0.2, -0.15) is 0 Å². The second kappa shape index (κ2) is 7.55. The van der Waals surface area contributed by atoms with Gasteiger partial charge in [-0.25, -0.2) is 0 Å². The van der Waals surface area contributed by atoms with Crippen LogP contribution in [0.1, 0.15) is 31.1 Å². The molecule has 136 valence electrons. The van der Waals surface area contributed by atoms with Crippen molar-refractivity contribution in [2.75, 3.05) is 32.5 Å². The second-order valence-electron chi connectivity index (χ2n) is 6.61. The summed E-state index contributed by atoms with van der Waals surface area (Å²) in [5, 5.41) is 2.68. The second-order valence-corrected chi connectivity index (χ2v) is 6.61. The van der Waals surface area contributed by atoms with Crippen molar-refractivity contribution in [2.45, 2.75) is 26.9 Å². The van der Waals surface area contributed by atoms with Crippen LogP contribution in [0.3, 0.4) is 0 Å². The lowest BCUT2D eigenvalue weighted by molar-refractivity contribution is -0.129. The van der Waals surface area contributed by atoms with Crippen LogP contribution in [0.2, 0.25) is 0 Å². The number of fused-ring (bicyclic) bond motifs is 1. The first-order valence-electron chi connectivity index (χ1n) is 8.24. The molecule has 0 fully saturated rings. The molecule has 0 unspecified atom stereocenters. The third kappa shape index (κ3) is 4.49. The minimum atomic E-state index is -0.241. The van der Waals surface area contributed by atoms with Gasteiger partial charge in [-0.3, -0.25) is 14.4 Å². The van der Waals surface area contributed by atoms with Crippen molar-refractivity contribution < 1.29 is 19.1 Å². The fraction of sp³-hybridized carbons (Fsp3) is 0.500. The first-order valence-corrected chi connectivity index (χ1v) is 8.24. The fourth-order valence-electron chi connectivity index (χ4n) is 2.81. The molecule has 0 radical (unpaired) electrons. The Morgan fingerprint density at radius 3 is 2.64 bits per heavy atom. The van der Waals surface area contributed by atoms with Crippen molar-refractivity contribution in [1.82, 2.24) is 9.80 Å². The standard InChI is InChI=1S/C18H25N3O4/c1-11-9-21(5)18(24)15-8-14(19-12(2)22)6-7-16(15)25-17(11)10-20(4)13(3)23/h6-8,11,17H,9-10H2,1-5H3,(H,19,22)/t11-,17+/m1/s1. The highest BCUT2D eigenvalue weighted by molar-refractivity contribution is 5.99. The number of hydrogen-bond acceptors (Lipinski definition) is 4. The van der Waals surface area contributed by atoms with Gasteiger partial charge in [0, 0.05) is 46.1 Å². The van der Waals surface area contributed by atoms with Crippen LogP contribution in [0, 0.1) is 5.92 Å². The summed E-state index contributed by atoms with van der Waals surface area (Å²) < 4.78 is 6.09. The summed E-state index contributed by atoms with van der Waals surface area (Å²) in [5.74, 6) is 0.108. The Hall–Kier alpha value is -2.57. The van der Waals surface area contributed by atoms with Crippen LogP contribution in [0.5, 0.6) is 5.75 Å². The van der Waals surface area contributed by atoms with E-state index in [9.17, 15) is 14.4 Å². The molecule has 1 aromatic carbocycles. The van der Waals surface area contributed by atoms with Crippen molar-refractivity contribution >= 4 is 23.4 Å². The average molecular weight is 347 g/mol. The number of ether oxygens (including phenoxy) is 1. The van der Waals surface area contributed by atoms with E-state index in [1.165, 1.54) is 13.8 Å². The number of hydrogen-bond donors (Lipinski definition) is 1. The predicted molar refractivity (Wildman–Crippen MR) is 94.6 cm³/mol. The molecule has 1 heterocycles. The van der Waals surface area contributed by atoms with Gasteiger partial charge in [0.25, 0.3) is 5.91 Å². The molecule has 1 N–H and O–H groups in total. The van der Waals surface area contributed by atoms with E-state index in [1.54, 1.807) is 42.1 Å². The van der Waals surface area contributed by atoms with E-state index in [1.807, 2.05) is 6.92 Å². The Morgan fingerprint density at radius 2 is 2.04 bits per heavy atom. The van der Waals surface area contributed by atoms with E-state index >= 15 is 0 Å². The highest BCUT2D eigenvalue weighted by Gasteiger charge is 2.30. The minimum absolute atomic E-state index is 0.0384. The number of rotatable bonds is 3. The Kier molecular flexibility index (Phi) is 5.66. The van der Waals surface area contributed by atoms with Crippen LogP contribution in [-0.4, -0.2) is 60.8 Å². The van der Waals surface area contributed by atoms with Crippen LogP contribution in [0.15, 0.2) is 18.2 Å². The summed E-state index contributed by atoms with van der Waals surface area (Å²) >= 11 is 0. The van der Waals surface area contributed by atoms with E-state index in [0.717, 1.165) is 0 Å². The molecule has 3 amide bonds. The van der Waals surface area contributed by atoms with Gasteiger partial charge in [0.05, 0.1) is 12.1 Å². The molecule has 0 bridgehead atoms. The SMILES string of the molecule is CC(=O)Nc1ccc2c(c1)C(=O)N(C)C[C@@H](C)[C@H](CN(C)C(C)=O)O2. The van der Waals surface area contributed by atoms with Crippen LogP contribution >= 0.6 is 0 Å². The molecule has 0 aromatic heterocycles. The Morgan fingerprint density at radius 1 is 1.36 bits per heavy atom. The zero-order valence-corrected chi connectivity index (χ0v) is 15.3. The highest BCUT2D eigenvalue weighted by Crippen LogP contribution is 2.29. The van der Waals surface area contributed by atoms with Crippen LogP contribution in [0.25, 0.3) is 0 Å². The summed E-state index contributed by atoms with van der Waals surface area (Å²) in [6.45, 7) is 5.87. The van der Waals surface area contributed by atoms with E-state index in [0.29, 0.717) is 30.1 Å². The van der Waals surface area contributed by atoms with Gasteiger partial charge in [0.15, 0.2) is 0 Å². The third-order valence-corrected chi connectivity index (χ3v) is 4.34. The van der Waals surface area contributed by atoms with Crippen molar-refractivity contribution in [3.05, 3.63) is 23.8 Å². The monoisotopic (exact) mass is 347 g/mol. The number of anilines is 1. The van der Waals surface area contributed by atoms with Crippen molar-refractivity contribution in [1.29, 1.82) is 0 Å². The number of carbonyl (C=O) groups excluding carboxylic acids is 3. The predicted octanol–water partition coefficient (Wildman–Crippen LogP) is 1.59. The summed E-state index contributed by atoms with van der Waals surface area (Å²) in [6, 6.07) is 5.01. The topological polar surface area (TPSA) is 79.0 Å². The minimum Gasteiger partial charge on any atom is -0.487 e. The zero-order valence-electron chi connectivity index (χ0n) is 15.3. The molecule has 2 rings (SSSR count). The van der Waals surface area contributed by atoms with E-state index in [2.05, 4.69) is 5.32 Å². The molecule has 0 aliphatic carbocycles. The summed E-state index contributed by atoms with van der Waals surface area (Å²) in [6.07, 6.45) is -0.241. The normalized spacial score (nSPS) is 20.0. The Labute approximate surface area is 147 Å². The van der Waals surface area contributed by atoms with Crippen LogP contribution < -0.4 is 10.1 Å². The molecule has 25 heavy (non-hydrogen) atoms. The molecule has 0 saturated heterocycles. The molecule has 2 atom stereocenters. The van der Waals surface area contributed by atoms with Gasteiger partial charge < -0.3 is 19.9 Å². The largest absolute Gasteiger partial charge is 0.487 e. The lowest BCUT2D eigenvalue weighted by Gasteiger charge is -2.34. The average Bonchev–Trinajstić information content (AvgIpc) is 2.53. The molecule has 1 aliphatic heterocycles. The number of likely N-dealkylation sites (N-methyl/N-ethyl adjacent to an activating group) is 1. The van der Waals surface area contributed by atoms with Gasteiger partial charge in [0.1, 0.15) is 11.9 Å². The van der Waals surface area contributed by atoms with E-state index in [-0.39, 0.29) is 29.7 Å². The third-order valence-electron chi connectivity index (χ3n) is 4.34. The van der Waals surface area contributed by atoms with Crippen molar-refractivity contribution in [3.8, 4) is 5.75 Å². The lowest BCUT2D eigenvalue weighted by Crippen LogP contribution is -2.45. The quantitative estimate of drug-likeness (QED) is 0.901. The van der Waals surface area contributed by atoms with Gasteiger partial charge in [0.2, 0.25) is 11.8 Å².